The lowest BCUT2D eigenvalue weighted by atomic mass is 10.1. The number of hydrogen-bond donors (Lipinski definition) is 1. The molecule has 0 spiro atoms. The Morgan fingerprint density at radius 3 is 2.62 bits per heavy atom. The highest BCUT2D eigenvalue weighted by Gasteiger charge is 2.47. The second-order valence-electron chi connectivity index (χ2n) is 4.55. The first-order chi connectivity index (χ1) is 9.99. The van der Waals surface area contributed by atoms with Crippen LogP contribution in [0.1, 0.15) is 17.3 Å². The number of aliphatic hydroxyl groups excluding tert-OH is 1. The Labute approximate surface area is 120 Å². The van der Waals surface area contributed by atoms with E-state index in [1.807, 2.05) is 0 Å². The number of carbonyl (C=O) groups excluding carboxylic acids is 2. The van der Waals surface area contributed by atoms with Gasteiger partial charge in [-0.05, 0) is 12.1 Å². The molecule has 0 bridgehead atoms. The van der Waals surface area contributed by atoms with Crippen molar-refractivity contribution in [1.29, 1.82) is 0 Å². The number of aliphatic hydroxyl groups is 1. The van der Waals surface area contributed by atoms with E-state index in [2.05, 4.69) is 4.74 Å². The molecule has 0 aliphatic carbocycles. The quantitative estimate of drug-likeness (QED) is 0.829. The molecule has 21 heavy (non-hydrogen) atoms. The topological polar surface area (TPSA) is 82.1 Å². The molecule has 2 rings (SSSR count). The number of halogens is 1. The summed E-state index contributed by atoms with van der Waals surface area (Å²) in [5, 5.41) is 9.48. The Kier molecular flexibility index (Phi) is 4.87. The van der Waals surface area contributed by atoms with Gasteiger partial charge in [-0.1, -0.05) is 18.2 Å². The van der Waals surface area contributed by atoms with Gasteiger partial charge >= 0.3 is 11.9 Å². The molecule has 0 radical (unpaired) electrons. The van der Waals surface area contributed by atoms with Crippen molar-refractivity contribution >= 4 is 11.9 Å². The molecule has 1 aliphatic rings. The number of rotatable bonds is 4. The van der Waals surface area contributed by atoms with Crippen LogP contribution in [0.5, 0.6) is 0 Å². The zero-order valence-electron chi connectivity index (χ0n) is 11.3. The van der Waals surface area contributed by atoms with E-state index in [4.69, 9.17) is 9.47 Å². The fourth-order valence-electron chi connectivity index (χ4n) is 1.96. The molecule has 1 aromatic rings. The van der Waals surface area contributed by atoms with Crippen molar-refractivity contribution in [3.63, 3.8) is 0 Å². The first-order valence-corrected chi connectivity index (χ1v) is 6.36. The summed E-state index contributed by atoms with van der Waals surface area (Å²) in [5.41, 5.74) is 0.322. The van der Waals surface area contributed by atoms with E-state index in [0.29, 0.717) is 5.56 Å². The van der Waals surface area contributed by atoms with Crippen LogP contribution in [0.4, 0.5) is 4.39 Å². The summed E-state index contributed by atoms with van der Waals surface area (Å²) >= 11 is 0. The van der Waals surface area contributed by atoms with Crippen molar-refractivity contribution in [2.24, 2.45) is 0 Å². The van der Waals surface area contributed by atoms with E-state index in [9.17, 15) is 19.1 Å². The number of carbonyl (C=O) groups is 2. The monoisotopic (exact) mass is 298 g/mol. The lowest BCUT2D eigenvalue weighted by Crippen LogP contribution is -2.35. The lowest BCUT2D eigenvalue weighted by Gasteiger charge is -2.15. The first-order valence-electron chi connectivity index (χ1n) is 6.36. The van der Waals surface area contributed by atoms with Gasteiger partial charge in [0.25, 0.3) is 0 Å². The minimum atomic E-state index is -1.77. The molecule has 0 amide bonds. The molecule has 0 aromatic heterocycles. The predicted molar refractivity (Wildman–Crippen MR) is 68.1 cm³/mol. The molecule has 114 valence electrons. The van der Waals surface area contributed by atoms with E-state index in [1.54, 1.807) is 30.3 Å². The van der Waals surface area contributed by atoms with Gasteiger partial charge in [-0.15, -0.1) is 0 Å². The lowest BCUT2D eigenvalue weighted by molar-refractivity contribution is -0.169. The molecule has 1 fully saturated rings. The van der Waals surface area contributed by atoms with Gasteiger partial charge in [0.05, 0.1) is 5.56 Å². The summed E-state index contributed by atoms with van der Waals surface area (Å²) in [6, 6.07) is 8.19. The molecule has 0 saturated carbocycles. The molecule has 6 nitrogen and oxygen atoms in total. The molecule has 4 atom stereocenters. The average molecular weight is 298 g/mol. The Bertz CT molecular complexity index is 505. The third kappa shape index (κ3) is 3.77. The molecule has 1 saturated heterocycles. The van der Waals surface area contributed by atoms with Crippen molar-refractivity contribution in [3.8, 4) is 0 Å². The standard InChI is InChI=1S/C14H15FO6/c1-8(16)20-12-11(15)10(21-14(12)18)7-19-13(17)9-5-3-2-4-6-9/h2-6,10-12,14,18H,7H2,1H3/t10-,11-,12-,14-/m1/s1. The average Bonchev–Trinajstić information content (AvgIpc) is 2.73. The summed E-state index contributed by atoms with van der Waals surface area (Å²) in [7, 11) is 0. The summed E-state index contributed by atoms with van der Waals surface area (Å²) < 4.78 is 28.4. The van der Waals surface area contributed by atoms with Crippen LogP contribution in [0.25, 0.3) is 0 Å². The minimum absolute atomic E-state index is 0.322. The van der Waals surface area contributed by atoms with Gasteiger partial charge in [-0.25, -0.2) is 9.18 Å². The van der Waals surface area contributed by atoms with Gasteiger partial charge < -0.3 is 19.3 Å². The Hall–Kier alpha value is -1.99. The maximum Gasteiger partial charge on any atom is 0.338 e. The van der Waals surface area contributed by atoms with Crippen molar-refractivity contribution in [2.75, 3.05) is 6.61 Å². The number of ether oxygens (including phenoxy) is 3. The first kappa shape index (κ1) is 15.4. The zero-order valence-corrected chi connectivity index (χ0v) is 11.3. The van der Waals surface area contributed by atoms with E-state index in [-0.39, 0.29) is 6.61 Å². The van der Waals surface area contributed by atoms with Crippen molar-refractivity contribution in [3.05, 3.63) is 35.9 Å². The minimum Gasteiger partial charge on any atom is -0.459 e. The zero-order chi connectivity index (χ0) is 15.4. The maximum absolute atomic E-state index is 14.0. The van der Waals surface area contributed by atoms with Crippen LogP contribution in [0.15, 0.2) is 30.3 Å². The SMILES string of the molecule is CC(=O)O[C@@H]1[C@H](F)[C@@H](COC(=O)c2ccccc2)O[C@H]1O. The smallest absolute Gasteiger partial charge is 0.338 e. The number of esters is 2. The molecular formula is C14H15FO6. The third-order valence-corrected chi connectivity index (χ3v) is 2.95. The molecule has 1 aliphatic heterocycles. The molecule has 0 unspecified atom stereocenters. The van der Waals surface area contributed by atoms with Crippen molar-refractivity contribution < 1.29 is 33.3 Å². The van der Waals surface area contributed by atoms with E-state index in [1.165, 1.54) is 0 Å². The highest BCUT2D eigenvalue weighted by molar-refractivity contribution is 5.89. The van der Waals surface area contributed by atoms with Gasteiger partial charge in [-0.3, -0.25) is 4.79 Å². The highest BCUT2D eigenvalue weighted by Crippen LogP contribution is 2.26. The molecule has 1 aromatic carbocycles. The van der Waals surface area contributed by atoms with Crippen LogP contribution >= 0.6 is 0 Å². The Balaban J connectivity index is 1.89. The number of alkyl halides is 1. The van der Waals surface area contributed by atoms with Crippen molar-refractivity contribution in [1.82, 2.24) is 0 Å². The largest absolute Gasteiger partial charge is 0.459 e. The van der Waals surface area contributed by atoms with Gasteiger partial charge in [0.15, 0.2) is 18.6 Å². The van der Waals surface area contributed by atoms with Crippen LogP contribution in [-0.2, 0) is 19.0 Å². The van der Waals surface area contributed by atoms with Crippen LogP contribution in [0, 0.1) is 0 Å². The number of benzene rings is 1. The molecule has 1 N–H and O–H groups in total. The van der Waals surface area contributed by atoms with Gasteiger partial charge in [0, 0.05) is 6.92 Å². The van der Waals surface area contributed by atoms with Gasteiger partial charge in [0.2, 0.25) is 0 Å². The van der Waals surface area contributed by atoms with Crippen LogP contribution in [0.3, 0.4) is 0 Å². The summed E-state index contributed by atoms with van der Waals surface area (Å²) in [5.74, 6) is -1.36. The van der Waals surface area contributed by atoms with Crippen LogP contribution in [-0.4, -0.2) is 48.3 Å². The maximum atomic E-state index is 14.0. The van der Waals surface area contributed by atoms with E-state index < -0.39 is 36.6 Å². The summed E-state index contributed by atoms with van der Waals surface area (Å²) in [4.78, 5) is 22.5. The van der Waals surface area contributed by atoms with Crippen LogP contribution in [0.2, 0.25) is 0 Å². The second-order valence-corrected chi connectivity index (χ2v) is 4.55. The van der Waals surface area contributed by atoms with E-state index >= 15 is 0 Å². The van der Waals surface area contributed by atoms with Crippen LogP contribution < -0.4 is 0 Å². The van der Waals surface area contributed by atoms with E-state index in [0.717, 1.165) is 6.92 Å². The highest BCUT2D eigenvalue weighted by atomic mass is 19.1. The van der Waals surface area contributed by atoms with Gasteiger partial charge in [-0.2, -0.15) is 0 Å². The van der Waals surface area contributed by atoms with Crippen molar-refractivity contribution in [2.45, 2.75) is 31.6 Å². The third-order valence-electron chi connectivity index (χ3n) is 2.95. The summed E-state index contributed by atoms with van der Waals surface area (Å²) in [6.07, 6.45) is -5.95. The normalized spacial score (nSPS) is 28.1. The fraction of sp³-hybridized carbons (Fsp3) is 0.429. The Morgan fingerprint density at radius 1 is 1.33 bits per heavy atom. The summed E-state index contributed by atoms with van der Waals surface area (Å²) in [6.45, 7) is 0.714. The fourth-order valence-corrected chi connectivity index (χ4v) is 1.96. The van der Waals surface area contributed by atoms with Gasteiger partial charge in [0.1, 0.15) is 12.7 Å². The predicted octanol–water partition coefficient (Wildman–Crippen LogP) is 0.830. The Morgan fingerprint density at radius 2 is 2.00 bits per heavy atom. The number of hydrogen-bond acceptors (Lipinski definition) is 6. The molecule has 1 heterocycles. The molecule has 7 heteroatoms. The molecular weight excluding hydrogens is 283 g/mol. The second kappa shape index (κ2) is 6.64.